The molecule has 11 heteroatoms. The minimum absolute atomic E-state index is 0.0396. The van der Waals surface area contributed by atoms with Gasteiger partial charge in [0, 0.05) is 32.2 Å². The summed E-state index contributed by atoms with van der Waals surface area (Å²) in [6, 6.07) is 10.6. The van der Waals surface area contributed by atoms with E-state index in [1.165, 1.54) is 31.2 Å². The molecule has 0 unspecified atom stereocenters. The number of morpholine rings is 1. The summed E-state index contributed by atoms with van der Waals surface area (Å²) in [7, 11) is 0. The Kier molecular flexibility index (Phi) is 7.30. The fourth-order valence-electron chi connectivity index (χ4n) is 6.70. The van der Waals surface area contributed by atoms with Gasteiger partial charge in [0.1, 0.15) is 5.52 Å². The number of aromatic amines is 1. The van der Waals surface area contributed by atoms with E-state index >= 15 is 0 Å². The number of aromatic nitrogens is 6. The minimum atomic E-state index is -0.631. The first-order valence-corrected chi connectivity index (χ1v) is 15.0. The predicted molar refractivity (Wildman–Crippen MR) is 153 cm³/mol. The summed E-state index contributed by atoms with van der Waals surface area (Å²) in [4.78, 5) is 32.0. The molecule has 1 atom stereocenters. The Hall–Kier alpha value is -3.57. The molecule has 2 saturated heterocycles. The highest BCUT2D eigenvalue weighted by Gasteiger charge is 2.33. The third-order valence-electron chi connectivity index (χ3n) is 9.02. The highest BCUT2D eigenvalue weighted by Crippen LogP contribution is 2.39. The van der Waals surface area contributed by atoms with Gasteiger partial charge < -0.3 is 18.9 Å². The van der Waals surface area contributed by atoms with Crippen molar-refractivity contribution in [3.8, 4) is 11.6 Å². The summed E-state index contributed by atoms with van der Waals surface area (Å²) >= 11 is 0. The normalized spacial score (nSPS) is 24.2. The van der Waals surface area contributed by atoms with Crippen LogP contribution in [-0.4, -0.2) is 62.6 Å². The summed E-state index contributed by atoms with van der Waals surface area (Å²) < 4.78 is 18.9. The summed E-state index contributed by atoms with van der Waals surface area (Å²) in [6.45, 7) is 6.57. The van der Waals surface area contributed by atoms with E-state index in [9.17, 15) is 4.79 Å². The van der Waals surface area contributed by atoms with E-state index < -0.39 is 5.76 Å². The zero-order chi connectivity index (χ0) is 27.8. The van der Waals surface area contributed by atoms with Crippen LogP contribution in [0.2, 0.25) is 0 Å². The fourth-order valence-corrected chi connectivity index (χ4v) is 6.70. The van der Waals surface area contributed by atoms with E-state index in [2.05, 4.69) is 50.8 Å². The Morgan fingerprint density at radius 1 is 0.951 bits per heavy atom. The molecule has 0 bridgehead atoms. The maximum Gasteiger partial charge on any atom is 0.439 e. The van der Waals surface area contributed by atoms with Crippen LogP contribution in [0.1, 0.15) is 68.7 Å². The molecule has 0 spiro atoms. The van der Waals surface area contributed by atoms with Crippen molar-refractivity contribution in [3.63, 3.8) is 0 Å². The lowest BCUT2D eigenvalue weighted by Gasteiger charge is -2.37. The number of rotatable bonds is 6. The second-order valence-corrected chi connectivity index (χ2v) is 11.8. The number of hydrogen-bond donors (Lipinski definition) is 1. The Morgan fingerprint density at radius 2 is 1.76 bits per heavy atom. The summed E-state index contributed by atoms with van der Waals surface area (Å²) in [5.41, 5.74) is 3.76. The monoisotopic (exact) mass is 559 g/mol. The first-order chi connectivity index (χ1) is 20.1. The number of hydrogen-bond acceptors (Lipinski definition) is 9. The van der Waals surface area contributed by atoms with Crippen molar-refractivity contribution in [1.82, 2.24) is 29.7 Å². The van der Waals surface area contributed by atoms with Crippen LogP contribution in [0.15, 0.2) is 39.6 Å². The minimum Gasteiger partial charge on any atom is -0.381 e. The number of nitrogens with zero attached hydrogens (tertiary/aromatic N) is 6. The van der Waals surface area contributed by atoms with Crippen LogP contribution in [0.5, 0.6) is 0 Å². The Bertz CT molecular complexity index is 1530. The van der Waals surface area contributed by atoms with Gasteiger partial charge in [-0.2, -0.15) is 4.98 Å². The molecule has 41 heavy (non-hydrogen) atoms. The zero-order valence-corrected chi connectivity index (χ0v) is 23.5. The zero-order valence-electron chi connectivity index (χ0n) is 23.5. The van der Waals surface area contributed by atoms with Gasteiger partial charge in [-0.25, -0.2) is 14.8 Å². The van der Waals surface area contributed by atoms with Gasteiger partial charge in [0.05, 0.1) is 24.9 Å². The standard InChI is InChI=1S/C30H37N7O4/c1-19-7-9-20(10-8-19)17-37-25-24(22-11-14-39-15-12-22)31-27(28-34-30(38)41-35-28)32-26(25)33-29(37)36-13-16-40-18-23(36)21-5-3-2-4-6-21/h2-6,19-20,22-23H,7-18H2,1H3,(H,34,35,38)/t19-,20-,23-/m0/s1. The molecular formula is C30H37N7O4. The SMILES string of the molecule is C[C@H]1CC[C@H](Cn2c(N3CCOC[C@H]3c3ccccc3)nc3nc(-c4noc(=O)[nH]4)nc(C4CCOCC4)c32)CC1. The van der Waals surface area contributed by atoms with E-state index in [0.717, 1.165) is 49.0 Å². The number of ether oxygens (including phenoxy) is 2. The van der Waals surface area contributed by atoms with E-state index in [1.54, 1.807) is 0 Å². The van der Waals surface area contributed by atoms with Gasteiger partial charge in [0.15, 0.2) is 5.65 Å². The first-order valence-electron chi connectivity index (χ1n) is 15.0. The lowest BCUT2D eigenvalue weighted by atomic mass is 9.83. The Labute approximate surface area is 238 Å². The maximum absolute atomic E-state index is 11.8. The molecule has 1 saturated carbocycles. The van der Waals surface area contributed by atoms with Crippen LogP contribution in [0, 0.1) is 11.8 Å². The average molecular weight is 560 g/mol. The van der Waals surface area contributed by atoms with Crippen molar-refractivity contribution >= 4 is 17.1 Å². The quantitative estimate of drug-likeness (QED) is 0.364. The van der Waals surface area contributed by atoms with Crippen molar-refractivity contribution in [2.24, 2.45) is 11.8 Å². The summed E-state index contributed by atoms with van der Waals surface area (Å²) in [6.07, 6.45) is 6.65. The first kappa shape index (κ1) is 26.3. The van der Waals surface area contributed by atoms with Gasteiger partial charge in [0.25, 0.3) is 0 Å². The highest BCUT2D eigenvalue weighted by atomic mass is 16.5. The number of benzene rings is 1. The third-order valence-corrected chi connectivity index (χ3v) is 9.02. The van der Waals surface area contributed by atoms with Crippen molar-refractivity contribution in [3.05, 3.63) is 52.1 Å². The van der Waals surface area contributed by atoms with Gasteiger partial charge in [0.2, 0.25) is 17.6 Å². The van der Waals surface area contributed by atoms with Crippen molar-refractivity contribution in [1.29, 1.82) is 0 Å². The van der Waals surface area contributed by atoms with E-state index in [1.807, 2.05) is 6.07 Å². The molecule has 0 amide bonds. The van der Waals surface area contributed by atoms with Gasteiger partial charge in [-0.1, -0.05) is 55.3 Å². The van der Waals surface area contributed by atoms with Crippen LogP contribution in [0.3, 0.4) is 0 Å². The third kappa shape index (κ3) is 5.28. The molecule has 3 aliphatic rings. The van der Waals surface area contributed by atoms with E-state index in [-0.39, 0.29) is 17.8 Å². The average Bonchev–Trinajstić information content (AvgIpc) is 3.62. The highest BCUT2D eigenvalue weighted by molar-refractivity contribution is 5.80. The van der Waals surface area contributed by atoms with Crippen molar-refractivity contribution < 1.29 is 14.0 Å². The lowest BCUT2D eigenvalue weighted by Crippen LogP contribution is -2.41. The van der Waals surface area contributed by atoms with Gasteiger partial charge in [-0.15, -0.1) is 0 Å². The maximum atomic E-state index is 11.8. The molecule has 1 aromatic carbocycles. The molecule has 11 nitrogen and oxygen atoms in total. The molecule has 1 aliphatic carbocycles. The van der Waals surface area contributed by atoms with E-state index in [4.69, 9.17) is 28.9 Å². The molecule has 2 aliphatic heterocycles. The Morgan fingerprint density at radius 3 is 2.51 bits per heavy atom. The molecule has 5 heterocycles. The lowest BCUT2D eigenvalue weighted by molar-refractivity contribution is 0.0847. The number of fused-ring (bicyclic) bond motifs is 1. The molecule has 1 N–H and O–H groups in total. The molecule has 0 radical (unpaired) electrons. The Balaban J connectivity index is 1.41. The second-order valence-electron chi connectivity index (χ2n) is 11.8. The van der Waals surface area contributed by atoms with E-state index in [0.29, 0.717) is 43.8 Å². The molecular weight excluding hydrogens is 522 g/mol. The second kappa shape index (κ2) is 11.4. The summed E-state index contributed by atoms with van der Waals surface area (Å²) in [5.74, 6) is 2.35. The number of imidazole rings is 1. The predicted octanol–water partition coefficient (Wildman–Crippen LogP) is 4.47. The van der Waals surface area contributed by atoms with Crippen LogP contribution in [-0.2, 0) is 16.0 Å². The number of anilines is 1. The number of H-pyrrole nitrogens is 1. The van der Waals surface area contributed by atoms with Gasteiger partial charge in [-0.05, 0) is 43.1 Å². The van der Waals surface area contributed by atoms with Gasteiger partial charge >= 0.3 is 5.76 Å². The molecule has 3 fully saturated rings. The van der Waals surface area contributed by atoms with Crippen LogP contribution in [0.4, 0.5) is 5.95 Å². The molecule has 3 aromatic heterocycles. The molecule has 216 valence electrons. The summed E-state index contributed by atoms with van der Waals surface area (Å²) in [5, 5.41) is 3.90. The molecule has 4 aromatic rings. The van der Waals surface area contributed by atoms with Crippen LogP contribution in [0.25, 0.3) is 22.8 Å². The van der Waals surface area contributed by atoms with Gasteiger partial charge in [-0.3, -0.25) is 9.51 Å². The van der Waals surface area contributed by atoms with Crippen LogP contribution < -0.4 is 10.7 Å². The van der Waals surface area contributed by atoms with Crippen molar-refractivity contribution in [2.75, 3.05) is 37.9 Å². The number of nitrogens with one attached hydrogen (secondary N) is 1. The van der Waals surface area contributed by atoms with Crippen LogP contribution >= 0.6 is 0 Å². The molecule has 7 rings (SSSR count). The largest absolute Gasteiger partial charge is 0.439 e. The smallest absolute Gasteiger partial charge is 0.381 e. The fraction of sp³-hybridized carbons (Fsp3) is 0.567. The topological polar surface area (TPSA) is 124 Å². The van der Waals surface area contributed by atoms with Crippen molar-refractivity contribution in [2.45, 2.75) is 64.0 Å².